The highest BCUT2D eigenvalue weighted by atomic mass is 19.1. The summed E-state index contributed by atoms with van der Waals surface area (Å²) in [6, 6.07) is 17.6. The van der Waals surface area contributed by atoms with Crippen molar-refractivity contribution in [3.05, 3.63) is 83.7 Å². The molecule has 0 fully saturated rings. The fourth-order valence-corrected chi connectivity index (χ4v) is 4.24. The smallest absolute Gasteiger partial charge is 0.322 e. The molecule has 3 aromatic carbocycles. The molecule has 0 radical (unpaired) electrons. The van der Waals surface area contributed by atoms with Crippen molar-refractivity contribution < 1.29 is 28.2 Å². The molecule has 3 amide bonds. The van der Waals surface area contributed by atoms with Gasteiger partial charge in [-0.05, 0) is 47.5 Å². The number of rotatable bonds is 6. The molecule has 2 aliphatic heterocycles. The number of methoxy groups -OCH3 is 1. The molecule has 0 spiro atoms. The van der Waals surface area contributed by atoms with Crippen molar-refractivity contribution in [2.45, 2.75) is 12.5 Å². The molecule has 0 aliphatic carbocycles. The molecule has 9 nitrogen and oxygen atoms in total. The first-order valence-electron chi connectivity index (χ1n) is 11.6. The predicted octanol–water partition coefficient (Wildman–Crippen LogP) is 4.40. The maximum absolute atomic E-state index is 13.5. The van der Waals surface area contributed by atoms with E-state index in [9.17, 15) is 14.0 Å². The summed E-state index contributed by atoms with van der Waals surface area (Å²) in [6.45, 7) is -0.0855. The zero-order valence-electron chi connectivity index (χ0n) is 20.3. The van der Waals surface area contributed by atoms with Crippen LogP contribution in [0.4, 0.5) is 14.9 Å². The van der Waals surface area contributed by atoms with Crippen molar-refractivity contribution in [1.29, 1.82) is 0 Å². The summed E-state index contributed by atoms with van der Waals surface area (Å²) in [7, 11) is 3.04. The van der Waals surface area contributed by atoms with Crippen LogP contribution in [-0.2, 0) is 4.79 Å². The number of anilines is 1. The number of likely N-dealkylation sites (N-methyl/N-ethyl adjacent to an activating group) is 1. The number of para-hydroxylation sites is 2. The normalized spacial score (nSPS) is 15.8. The van der Waals surface area contributed by atoms with E-state index < -0.39 is 12.1 Å². The second kappa shape index (κ2) is 10.2. The maximum atomic E-state index is 13.5. The minimum atomic E-state index is -0.473. The second-order valence-corrected chi connectivity index (χ2v) is 8.61. The maximum Gasteiger partial charge on any atom is 0.322 e. The van der Waals surface area contributed by atoms with E-state index in [0.717, 1.165) is 5.56 Å². The topological polar surface area (TPSA) is 92.7 Å². The Morgan fingerprint density at radius 3 is 2.65 bits per heavy atom. The predicted molar refractivity (Wildman–Crippen MR) is 134 cm³/mol. The van der Waals surface area contributed by atoms with Crippen LogP contribution in [0.1, 0.15) is 23.6 Å². The molecule has 0 unspecified atom stereocenters. The minimum Gasteiger partial charge on any atom is -0.495 e. The number of carbonyl (C=O) groups is 2. The highest BCUT2D eigenvalue weighted by Gasteiger charge is 2.35. The number of hydrogen-bond donors (Lipinski definition) is 1. The SMILES string of the molecule is COc1ccccc1NC(=O)N(C)CC(=O)N1N=C(c2ccc(F)cc2)C[C@H]1c1ccc2c(c1)OCO2. The first kappa shape index (κ1) is 24.1. The van der Waals surface area contributed by atoms with Crippen molar-refractivity contribution in [2.24, 2.45) is 5.10 Å². The number of benzene rings is 3. The van der Waals surface area contributed by atoms with Crippen LogP contribution in [0, 0.1) is 5.82 Å². The fourth-order valence-electron chi connectivity index (χ4n) is 4.24. The van der Waals surface area contributed by atoms with E-state index >= 15 is 0 Å². The lowest BCUT2D eigenvalue weighted by Gasteiger charge is -2.25. The first-order chi connectivity index (χ1) is 17.9. The number of hydrogen-bond acceptors (Lipinski definition) is 6. The van der Waals surface area contributed by atoms with Gasteiger partial charge in [-0.1, -0.05) is 30.3 Å². The molecule has 1 atom stereocenters. The Kier molecular flexibility index (Phi) is 6.63. The number of carbonyl (C=O) groups excluding carboxylic acids is 2. The Balaban J connectivity index is 1.37. The highest BCUT2D eigenvalue weighted by Crippen LogP contribution is 2.39. The van der Waals surface area contributed by atoms with Crippen LogP contribution < -0.4 is 19.5 Å². The third kappa shape index (κ3) is 5.04. The van der Waals surface area contributed by atoms with Gasteiger partial charge in [-0.25, -0.2) is 14.2 Å². The molecule has 2 aliphatic rings. The molecule has 0 aromatic heterocycles. The summed E-state index contributed by atoms with van der Waals surface area (Å²) >= 11 is 0. The van der Waals surface area contributed by atoms with E-state index in [1.165, 1.54) is 36.2 Å². The van der Waals surface area contributed by atoms with Crippen LogP contribution in [0.15, 0.2) is 71.8 Å². The third-order valence-corrected chi connectivity index (χ3v) is 6.19. The van der Waals surface area contributed by atoms with Gasteiger partial charge < -0.3 is 24.4 Å². The number of fused-ring (bicyclic) bond motifs is 1. The average Bonchev–Trinajstić information content (AvgIpc) is 3.56. The summed E-state index contributed by atoms with van der Waals surface area (Å²) in [5, 5.41) is 8.73. The molecule has 5 rings (SSSR count). The Bertz CT molecular complexity index is 1360. The number of nitrogens with zero attached hydrogens (tertiary/aromatic N) is 3. The molecule has 10 heteroatoms. The van der Waals surface area contributed by atoms with E-state index in [4.69, 9.17) is 14.2 Å². The van der Waals surface area contributed by atoms with E-state index in [2.05, 4.69) is 10.4 Å². The van der Waals surface area contributed by atoms with Crippen LogP contribution >= 0.6 is 0 Å². The molecule has 0 saturated carbocycles. The van der Waals surface area contributed by atoms with E-state index in [-0.39, 0.29) is 25.1 Å². The zero-order valence-corrected chi connectivity index (χ0v) is 20.3. The molecular formula is C27H25FN4O5. The lowest BCUT2D eigenvalue weighted by molar-refractivity contribution is -0.133. The Labute approximate surface area is 213 Å². The Morgan fingerprint density at radius 1 is 1.11 bits per heavy atom. The summed E-state index contributed by atoms with van der Waals surface area (Å²) < 4.78 is 29.7. The minimum absolute atomic E-state index is 0.134. The summed E-state index contributed by atoms with van der Waals surface area (Å²) in [4.78, 5) is 27.5. The zero-order chi connectivity index (χ0) is 25.9. The molecule has 0 bridgehead atoms. The van der Waals surface area contributed by atoms with Crippen LogP contribution in [0.5, 0.6) is 17.2 Å². The molecule has 190 valence electrons. The van der Waals surface area contributed by atoms with Gasteiger partial charge in [-0.2, -0.15) is 5.10 Å². The van der Waals surface area contributed by atoms with Gasteiger partial charge in [-0.15, -0.1) is 0 Å². The van der Waals surface area contributed by atoms with Crippen molar-refractivity contribution >= 4 is 23.3 Å². The van der Waals surface area contributed by atoms with E-state index in [1.807, 2.05) is 12.1 Å². The number of hydrazone groups is 1. The standard InChI is InChI=1S/C27H25FN4O5/c1-31(27(34)29-20-5-3-4-6-23(20)35-2)15-26(33)32-22(18-9-12-24-25(13-18)37-16-36-24)14-21(30-32)17-7-10-19(28)11-8-17/h3-13,22H,14-16H2,1-2H3,(H,29,34)/t22-/m0/s1. The quantitative estimate of drug-likeness (QED) is 0.537. The van der Waals surface area contributed by atoms with E-state index in [1.54, 1.807) is 42.5 Å². The number of ether oxygens (including phenoxy) is 3. The molecule has 2 heterocycles. The number of amides is 3. The largest absolute Gasteiger partial charge is 0.495 e. The first-order valence-corrected chi connectivity index (χ1v) is 11.6. The number of nitrogens with one attached hydrogen (secondary N) is 1. The Hall–Kier alpha value is -4.60. The van der Waals surface area contributed by atoms with Crippen LogP contribution in [-0.4, -0.2) is 55.1 Å². The fraction of sp³-hybridized carbons (Fsp3) is 0.222. The molecule has 1 N–H and O–H groups in total. The van der Waals surface area contributed by atoms with E-state index in [0.29, 0.717) is 40.6 Å². The third-order valence-electron chi connectivity index (χ3n) is 6.19. The van der Waals surface area contributed by atoms with Gasteiger partial charge in [0.1, 0.15) is 18.1 Å². The Morgan fingerprint density at radius 2 is 1.86 bits per heavy atom. The lowest BCUT2D eigenvalue weighted by Crippen LogP contribution is -2.41. The van der Waals surface area contributed by atoms with Gasteiger partial charge in [-0.3, -0.25) is 4.79 Å². The van der Waals surface area contributed by atoms with Crippen molar-refractivity contribution in [3.8, 4) is 17.2 Å². The summed E-state index contributed by atoms with van der Waals surface area (Å²) in [5.41, 5.74) is 2.65. The molecule has 37 heavy (non-hydrogen) atoms. The number of urea groups is 1. The number of halogens is 1. The lowest BCUT2D eigenvalue weighted by atomic mass is 9.98. The van der Waals surface area contributed by atoms with Gasteiger partial charge in [0.15, 0.2) is 11.5 Å². The molecule has 3 aromatic rings. The van der Waals surface area contributed by atoms with Crippen molar-refractivity contribution in [3.63, 3.8) is 0 Å². The summed E-state index contributed by atoms with van der Waals surface area (Å²) in [6.07, 6.45) is 0.411. The van der Waals surface area contributed by atoms with Crippen LogP contribution in [0.3, 0.4) is 0 Å². The summed E-state index contributed by atoms with van der Waals surface area (Å²) in [5.74, 6) is 0.995. The monoisotopic (exact) mass is 504 g/mol. The molecule has 0 saturated heterocycles. The van der Waals surface area contributed by atoms with Gasteiger partial charge in [0.2, 0.25) is 6.79 Å². The highest BCUT2D eigenvalue weighted by molar-refractivity contribution is 6.03. The average molecular weight is 505 g/mol. The van der Waals surface area contributed by atoms with Crippen molar-refractivity contribution in [1.82, 2.24) is 9.91 Å². The van der Waals surface area contributed by atoms with Crippen LogP contribution in [0.25, 0.3) is 0 Å². The van der Waals surface area contributed by atoms with Crippen LogP contribution in [0.2, 0.25) is 0 Å². The van der Waals surface area contributed by atoms with Gasteiger partial charge in [0.25, 0.3) is 5.91 Å². The van der Waals surface area contributed by atoms with Crippen molar-refractivity contribution in [2.75, 3.05) is 32.8 Å². The van der Waals surface area contributed by atoms with Gasteiger partial charge in [0, 0.05) is 13.5 Å². The van der Waals surface area contributed by atoms with Gasteiger partial charge in [0.05, 0.1) is 24.6 Å². The van der Waals surface area contributed by atoms with Gasteiger partial charge >= 0.3 is 6.03 Å². The second-order valence-electron chi connectivity index (χ2n) is 8.61. The molecular weight excluding hydrogens is 479 g/mol.